The molecular weight excluding hydrogens is 279 g/mol. The quantitative estimate of drug-likeness (QED) is 0.899. The van der Waals surface area contributed by atoms with Crippen molar-refractivity contribution in [2.75, 3.05) is 6.54 Å². The minimum Gasteiger partial charge on any atom is -0.486 e. The van der Waals surface area contributed by atoms with Gasteiger partial charge in [-0.1, -0.05) is 30.2 Å². The highest BCUT2D eigenvalue weighted by atomic mass is 19.4. The van der Waals surface area contributed by atoms with Gasteiger partial charge in [-0.3, -0.25) is 0 Å². The van der Waals surface area contributed by atoms with Crippen LogP contribution in [0.2, 0.25) is 0 Å². The van der Waals surface area contributed by atoms with Crippen LogP contribution in [0.3, 0.4) is 0 Å². The molecule has 0 aliphatic carbocycles. The van der Waals surface area contributed by atoms with E-state index in [1.165, 1.54) is 0 Å². The van der Waals surface area contributed by atoms with Crippen LogP contribution in [0.1, 0.15) is 30.5 Å². The van der Waals surface area contributed by atoms with Crippen LogP contribution in [0.5, 0.6) is 5.75 Å². The van der Waals surface area contributed by atoms with Crippen LogP contribution in [0.15, 0.2) is 54.5 Å². The fourth-order valence-corrected chi connectivity index (χ4v) is 1.72. The number of rotatable bonds is 5. The summed E-state index contributed by atoms with van der Waals surface area (Å²) in [6, 6.07) is 1.49. The van der Waals surface area contributed by atoms with Gasteiger partial charge in [0.15, 0.2) is 0 Å². The summed E-state index contributed by atoms with van der Waals surface area (Å²) in [5.74, 6) is 0.0725. The molecule has 0 saturated carbocycles. The van der Waals surface area contributed by atoms with Gasteiger partial charge in [-0.25, -0.2) is 0 Å². The van der Waals surface area contributed by atoms with E-state index >= 15 is 0 Å². The molecule has 0 bridgehead atoms. The van der Waals surface area contributed by atoms with Crippen LogP contribution in [-0.2, 0) is 6.18 Å². The molecule has 0 amide bonds. The number of nitrogens with two attached hydrogens (primary N) is 1. The van der Waals surface area contributed by atoms with E-state index in [0.717, 1.165) is 24.3 Å². The van der Waals surface area contributed by atoms with Gasteiger partial charge < -0.3 is 10.5 Å². The van der Waals surface area contributed by atoms with Crippen LogP contribution in [-0.4, -0.2) is 6.54 Å². The smallest absolute Gasteiger partial charge is 0.416 e. The van der Waals surface area contributed by atoms with Crippen molar-refractivity contribution in [3.05, 3.63) is 65.6 Å². The topological polar surface area (TPSA) is 35.2 Å². The summed E-state index contributed by atoms with van der Waals surface area (Å²) in [4.78, 5) is 0. The van der Waals surface area contributed by atoms with Crippen molar-refractivity contribution in [2.45, 2.75) is 18.7 Å². The van der Waals surface area contributed by atoms with Crippen LogP contribution >= 0.6 is 0 Å². The predicted molar refractivity (Wildman–Crippen MR) is 74.9 cm³/mol. The van der Waals surface area contributed by atoms with Gasteiger partial charge >= 0.3 is 6.18 Å². The van der Waals surface area contributed by atoms with Gasteiger partial charge in [0, 0.05) is 6.42 Å². The Morgan fingerprint density at radius 2 is 1.71 bits per heavy atom. The van der Waals surface area contributed by atoms with Crippen molar-refractivity contribution in [3.8, 4) is 5.75 Å². The third-order valence-electron chi connectivity index (χ3n) is 2.73. The zero-order valence-corrected chi connectivity index (χ0v) is 10.9. The first-order chi connectivity index (χ1) is 12.1. The van der Waals surface area contributed by atoms with Gasteiger partial charge in [-0.15, -0.1) is 0 Å². The summed E-state index contributed by atoms with van der Waals surface area (Å²) in [7, 11) is 0. The molecule has 2 rings (SSSR count). The Bertz CT molecular complexity index is 767. The van der Waals surface area contributed by atoms with E-state index in [4.69, 9.17) is 17.3 Å². The third-order valence-corrected chi connectivity index (χ3v) is 2.73. The molecule has 0 spiro atoms. The lowest BCUT2D eigenvalue weighted by Gasteiger charge is -2.19. The van der Waals surface area contributed by atoms with Crippen molar-refractivity contribution < 1.29 is 24.8 Å². The van der Waals surface area contributed by atoms with Crippen LogP contribution in [0.4, 0.5) is 13.2 Å². The van der Waals surface area contributed by atoms with Crippen molar-refractivity contribution >= 4 is 0 Å². The molecule has 2 aromatic rings. The van der Waals surface area contributed by atoms with Crippen LogP contribution in [0.25, 0.3) is 0 Å². The molecule has 0 radical (unpaired) electrons. The number of alkyl halides is 3. The lowest BCUT2D eigenvalue weighted by Crippen LogP contribution is -2.13. The Morgan fingerprint density at radius 1 is 1.10 bits per heavy atom. The average Bonchev–Trinajstić information content (AvgIpc) is 2.58. The molecule has 0 unspecified atom stereocenters. The number of ether oxygens (including phenoxy) is 1. The van der Waals surface area contributed by atoms with E-state index in [-0.39, 0.29) is 24.3 Å². The van der Waals surface area contributed by atoms with Gasteiger partial charge in [0.05, 0.1) is 12.4 Å². The Labute approximate surface area is 128 Å². The highest BCUT2D eigenvalue weighted by Gasteiger charge is 2.30. The lowest BCUT2D eigenvalue weighted by atomic mass is 10.1. The normalized spacial score (nSPS) is 16.3. The Morgan fingerprint density at radius 3 is 2.24 bits per heavy atom. The Kier molecular flexibility index (Phi) is 3.11. The molecular formula is C16H16F3NO. The molecule has 1 atom stereocenters. The van der Waals surface area contributed by atoms with E-state index < -0.39 is 48.1 Å². The molecule has 0 aromatic heterocycles. The molecule has 21 heavy (non-hydrogen) atoms. The zero-order chi connectivity index (χ0) is 19.6. The highest BCUT2D eigenvalue weighted by molar-refractivity contribution is 5.30. The van der Waals surface area contributed by atoms with E-state index in [1.54, 1.807) is 0 Å². The summed E-state index contributed by atoms with van der Waals surface area (Å²) in [6.45, 7) is 0.0907. The molecule has 0 saturated heterocycles. The van der Waals surface area contributed by atoms with Gasteiger partial charge in [0.2, 0.25) is 0 Å². The SMILES string of the molecule is [2H]c1c([2H])c([2H])c([C@@H](CCN)Oc2ccc(C(F)(F)F)cc2)c([2H])c1[2H]. The largest absolute Gasteiger partial charge is 0.486 e. The number of hydrogen-bond acceptors (Lipinski definition) is 2. The minimum absolute atomic E-state index is 0.0725. The highest BCUT2D eigenvalue weighted by Crippen LogP contribution is 2.31. The van der Waals surface area contributed by atoms with E-state index in [1.807, 2.05) is 0 Å². The van der Waals surface area contributed by atoms with Crippen molar-refractivity contribution in [1.29, 1.82) is 0 Å². The molecule has 2 N–H and O–H groups in total. The maximum absolute atomic E-state index is 12.6. The van der Waals surface area contributed by atoms with Gasteiger partial charge in [-0.2, -0.15) is 13.2 Å². The monoisotopic (exact) mass is 300 g/mol. The van der Waals surface area contributed by atoms with E-state index in [0.29, 0.717) is 0 Å². The second-order valence-electron chi connectivity index (χ2n) is 4.24. The first-order valence-corrected chi connectivity index (χ1v) is 6.18. The first kappa shape index (κ1) is 9.84. The van der Waals surface area contributed by atoms with E-state index in [2.05, 4.69) is 0 Å². The summed E-state index contributed by atoms with van der Waals surface area (Å²) in [6.07, 6.45) is -5.36. The van der Waals surface area contributed by atoms with Gasteiger partial charge in [0.1, 0.15) is 11.9 Å². The lowest BCUT2D eigenvalue weighted by molar-refractivity contribution is -0.137. The van der Waals surface area contributed by atoms with Crippen molar-refractivity contribution in [2.24, 2.45) is 5.73 Å². The zero-order valence-electron chi connectivity index (χ0n) is 15.9. The third kappa shape index (κ3) is 4.23. The van der Waals surface area contributed by atoms with Gasteiger partial charge in [0.25, 0.3) is 0 Å². The summed E-state index contributed by atoms with van der Waals surface area (Å²) >= 11 is 0. The fraction of sp³-hybridized carbons (Fsp3) is 0.250. The first-order valence-electron chi connectivity index (χ1n) is 8.68. The van der Waals surface area contributed by atoms with E-state index in [9.17, 15) is 13.2 Å². The van der Waals surface area contributed by atoms with Crippen LogP contribution in [0, 0.1) is 0 Å². The molecule has 0 aliphatic rings. The second-order valence-corrected chi connectivity index (χ2v) is 4.24. The molecule has 2 aromatic carbocycles. The maximum Gasteiger partial charge on any atom is 0.416 e. The standard InChI is InChI=1S/C16H16F3NO/c17-16(18,19)13-6-8-14(9-7-13)21-15(10-11-20)12-4-2-1-3-5-12/h1-9,15H,10-11,20H2/t15-/m1/s1/i1D,2D,3D,4D,5D. The van der Waals surface area contributed by atoms with Crippen molar-refractivity contribution in [3.63, 3.8) is 0 Å². The summed E-state index contributed by atoms with van der Waals surface area (Å²) in [5, 5.41) is 0. The maximum atomic E-state index is 12.6. The molecule has 5 heteroatoms. The number of hydrogen-bond donors (Lipinski definition) is 1. The Hall–Kier alpha value is -2.01. The molecule has 0 aliphatic heterocycles. The molecule has 0 heterocycles. The number of benzene rings is 2. The Balaban J connectivity index is 2.42. The molecule has 0 fully saturated rings. The van der Waals surface area contributed by atoms with Gasteiger partial charge in [-0.05, 0) is 36.4 Å². The van der Waals surface area contributed by atoms with Crippen LogP contribution < -0.4 is 10.5 Å². The summed E-state index contributed by atoms with van der Waals surface area (Å²) < 4.78 is 82.5. The molecule has 112 valence electrons. The average molecular weight is 300 g/mol. The second kappa shape index (κ2) is 6.63. The number of halogens is 3. The van der Waals surface area contributed by atoms with Crippen molar-refractivity contribution in [1.82, 2.24) is 0 Å². The fourth-order valence-electron chi connectivity index (χ4n) is 1.72. The minimum atomic E-state index is -4.48. The predicted octanol–water partition coefficient (Wildman–Crippen LogP) is 4.17. The summed E-state index contributed by atoms with van der Waals surface area (Å²) in [5.41, 5.74) is 4.60. The molecule has 2 nitrogen and oxygen atoms in total.